The van der Waals surface area contributed by atoms with Crippen LogP contribution in [0.1, 0.15) is 11.1 Å². The van der Waals surface area contributed by atoms with Crippen LogP contribution in [-0.2, 0) is 0 Å². The van der Waals surface area contributed by atoms with Crippen molar-refractivity contribution in [2.45, 2.75) is 13.8 Å². The van der Waals surface area contributed by atoms with E-state index in [0.717, 1.165) is 27.8 Å². The van der Waals surface area contributed by atoms with Gasteiger partial charge in [-0.05, 0) is 61.4 Å². The third-order valence-electron chi connectivity index (χ3n) is 4.78. The van der Waals surface area contributed by atoms with Gasteiger partial charge < -0.3 is 16.0 Å². The Morgan fingerprint density at radius 2 is 1.62 bits per heavy atom. The molecule has 0 saturated heterocycles. The van der Waals surface area contributed by atoms with E-state index in [4.69, 9.17) is 0 Å². The van der Waals surface area contributed by atoms with E-state index >= 15 is 0 Å². The highest BCUT2D eigenvalue weighted by Gasteiger charge is 2.09. The molecule has 3 aromatic carbocycles. The predicted molar refractivity (Wildman–Crippen MR) is 118 cm³/mol. The molecule has 4 rings (SSSR count). The van der Waals surface area contributed by atoms with Gasteiger partial charge in [0, 0.05) is 22.4 Å². The molecule has 0 aliphatic carbocycles. The van der Waals surface area contributed by atoms with Crippen LogP contribution in [0, 0.1) is 13.8 Å². The molecular formula is C23H21N5O. The van der Waals surface area contributed by atoms with Gasteiger partial charge in [-0.3, -0.25) is 0 Å². The van der Waals surface area contributed by atoms with Crippen LogP contribution in [-0.4, -0.2) is 16.0 Å². The number of hydrogen-bond acceptors (Lipinski definition) is 4. The average Bonchev–Trinajstić information content (AvgIpc) is 2.72. The van der Waals surface area contributed by atoms with Crippen molar-refractivity contribution in [2.24, 2.45) is 0 Å². The largest absolute Gasteiger partial charge is 0.339 e. The van der Waals surface area contributed by atoms with Crippen molar-refractivity contribution in [3.8, 4) is 0 Å². The lowest BCUT2D eigenvalue weighted by Gasteiger charge is -2.13. The summed E-state index contributed by atoms with van der Waals surface area (Å²) in [7, 11) is 0. The fourth-order valence-electron chi connectivity index (χ4n) is 3.06. The molecule has 6 heteroatoms. The molecule has 3 N–H and O–H groups in total. The number of carbonyl (C=O) groups excluding carboxylic acids is 1. The Bertz CT molecular complexity index is 1170. The normalized spacial score (nSPS) is 10.6. The molecule has 0 saturated carbocycles. The maximum absolute atomic E-state index is 12.3. The molecule has 0 atom stereocenters. The van der Waals surface area contributed by atoms with Crippen LogP contribution in [0.25, 0.3) is 10.9 Å². The zero-order chi connectivity index (χ0) is 20.2. The molecular weight excluding hydrogens is 362 g/mol. The Morgan fingerprint density at radius 3 is 2.45 bits per heavy atom. The average molecular weight is 383 g/mol. The van der Waals surface area contributed by atoms with Crippen molar-refractivity contribution in [3.05, 3.63) is 84.2 Å². The second kappa shape index (κ2) is 7.98. The van der Waals surface area contributed by atoms with Gasteiger partial charge in [-0.15, -0.1) is 0 Å². The summed E-state index contributed by atoms with van der Waals surface area (Å²) in [6.07, 6.45) is 1.53. The van der Waals surface area contributed by atoms with Crippen LogP contribution in [0.4, 0.5) is 27.7 Å². The Balaban J connectivity index is 1.60. The van der Waals surface area contributed by atoms with Gasteiger partial charge in [0.25, 0.3) is 0 Å². The first-order valence-electron chi connectivity index (χ1n) is 9.31. The van der Waals surface area contributed by atoms with Crippen LogP contribution in [0.2, 0.25) is 0 Å². The van der Waals surface area contributed by atoms with E-state index in [9.17, 15) is 4.79 Å². The highest BCUT2D eigenvalue weighted by atomic mass is 16.2. The molecule has 1 heterocycles. The van der Waals surface area contributed by atoms with Crippen molar-refractivity contribution in [1.29, 1.82) is 0 Å². The minimum Gasteiger partial charge on any atom is -0.339 e. The number of amides is 2. The monoisotopic (exact) mass is 383 g/mol. The van der Waals surface area contributed by atoms with Crippen LogP contribution in [0.5, 0.6) is 0 Å². The summed E-state index contributed by atoms with van der Waals surface area (Å²) in [5, 5.41) is 9.89. The van der Waals surface area contributed by atoms with Gasteiger partial charge in [-0.1, -0.05) is 30.3 Å². The molecule has 0 fully saturated rings. The zero-order valence-corrected chi connectivity index (χ0v) is 16.2. The van der Waals surface area contributed by atoms with E-state index in [2.05, 4.69) is 45.8 Å². The second-order valence-electron chi connectivity index (χ2n) is 6.77. The number of nitrogens with zero attached hydrogens (tertiary/aromatic N) is 2. The molecule has 2 amide bonds. The lowest BCUT2D eigenvalue weighted by atomic mass is 10.1. The first-order chi connectivity index (χ1) is 14.1. The first-order valence-corrected chi connectivity index (χ1v) is 9.31. The number of nitrogens with one attached hydrogen (secondary N) is 3. The molecule has 0 spiro atoms. The van der Waals surface area contributed by atoms with Gasteiger partial charge in [0.05, 0.1) is 5.52 Å². The standard InChI is InChI=1S/C23H21N5O/c1-15-7-6-10-20(16(15)2)28-22-19-13-18(11-12-21(19)24-14-25-22)27-23(29)26-17-8-4-3-5-9-17/h3-14H,1-2H3,(H,24,25,28)(H2,26,27,29). The third-order valence-corrected chi connectivity index (χ3v) is 4.78. The van der Waals surface area contributed by atoms with Gasteiger partial charge in [0.1, 0.15) is 12.1 Å². The minimum absolute atomic E-state index is 0.309. The molecule has 0 bridgehead atoms. The van der Waals surface area contributed by atoms with Crippen molar-refractivity contribution < 1.29 is 4.79 Å². The summed E-state index contributed by atoms with van der Waals surface area (Å²) in [5.74, 6) is 0.691. The fraction of sp³-hybridized carbons (Fsp3) is 0.0870. The maximum atomic E-state index is 12.3. The van der Waals surface area contributed by atoms with Crippen molar-refractivity contribution in [1.82, 2.24) is 9.97 Å². The highest BCUT2D eigenvalue weighted by Crippen LogP contribution is 2.28. The van der Waals surface area contributed by atoms with Crippen molar-refractivity contribution in [2.75, 3.05) is 16.0 Å². The number of fused-ring (bicyclic) bond motifs is 1. The number of anilines is 4. The number of aryl methyl sites for hydroxylation is 1. The Labute approximate surface area is 169 Å². The number of hydrogen-bond donors (Lipinski definition) is 3. The zero-order valence-electron chi connectivity index (χ0n) is 16.2. The summed E-state index contributed by atoms with van der Waals surface area (Å²) < 4.78 is 0. The van der Waals surface area contributed by atoms with Crippen molar-refractivity contribution in [3.63, 3.8) is 0 Å². The molecule has 4 aromatic rings. The Morgan fingerprint density at radius 1 is 0.828 bits per heavy atom. The van der Waals surface area contributed by atoms with Crippen LogP contribution < -0.4 is 16.0 Å². The number of aromatic nitrogens is 2. The molecule has 29 heavy (non-hydrogen) atoms. The summed E-state index contributed by atoms with van der Waals surface area (Å²) in [5.41, 5.74) is 5.53. The number of carbonyl (C=O) groups is 1. The lowest BCUT2D eigenvalue weighted by Crippen LogP contribution is -2.19. The molecule has 0 aliphatic heterocycles. The summed E-state index contributed by atoms with van der Waals surface area (Å²) >= 11 is 0. The quantitative estimate of drug-likeness (QED) is 0.426. The summed E-state index contributed by atoms with van der Waals surface area (Å²) in [4.78, 5) is 21.0. The van der Waals surface area contributed by atoms with E-state index in [0.29, 0.717) is 11.5 Å². The van der Waals surface area contributed by atoms with Crippen LogP contribution in [0.15, 0.2) is 73.1 Å². The molecule has 1 aromatic heterocycles. The Hall–Kier alpha value is -3.93. The number of benzene rings is 3. The van der Waals surface area contributed by atoms with E-state index in [1.807, 2.05) is 60.7 Å². The van der Waals surface area contributed by atoms with E-state index in [1.54, 1.807) is 0 Å². The molecule has 0 aliphatic rings. The second-order valence-corrected chi connectivity index (χ2v) is 6.77. The minimum atomic E-state index is -0.309. The first kappa shape index (κ1) is 18.4. The topological polar surface area (TPSA) is 78.9 Å². The molecule has 144 valence electrons. The fourth-order valence-corrected chi connectivity index (χ4v) is 3.06. The van der Waals surface area contributed by atoms with E-state index in [-0.39, 0.29) is 6.03 Å². The van der Waals surface area contributed by atoms with E-state index < -0.39 is 0 Å². The van der Waals surface area contributed by atoms with Crippen LogP contribution in [0.3, 0.4) is 0 Å². The van der Waals surface area contributed by atoms with Gasteiger partial charge in [0.2, 0.25) is 0 Å². The number of urea groups is 1. The number of rotatable bonds is 4. The lowest BCUT2D eigenvalue weighted by molar-refractivity contribution is 0.262. The molecule has 0 radical (unpaired) electrons. The van der Waals surface area contributed by atoms with Crippen molar-refractivity contribution >= 4 is 39.8 Å². The number of para-hydroxylation sites is 1. The van der Waals surface area contributed by atoms with Crippen LogP contribution >= 0.6 is 0 Å². The SMILES string of the molecule is Cc1cccc(Nc2ncnc3ccc(NC(=O)Nc4ccccc4)cc23)c1C. The summed E-state index contributed by atoms with van der Waals surface area (Å²) in [6.45, 7) is 4.15. The predicted octanol–water partition coefficient (Wildman–Crippen LogP) is 5.63. The molecule has 6 nitrogen and oxygen atoms in total. The highest BCUT2D eigenvalue weighted by molar-refractivity contribution is 6.02. The van der Waals surface area contributed by atoms with Gasteiger partial charge >= 0.3 is 6.03 Å². The Kier molecular flexibility index (Phi) is 5.07. The maximum Gasteiger partial charge on any atom is 0.323 e. The smallest absolute Gasteiger partial charge is 0.323 e. The van der Waals surface area contributed by atoms with Gasteiger partial charge in [-0.25, -0.2) is 14.8 Å². The van der Waals surface area contributed by atoms with Gasteiger partial charge in [-0.2, -0.15) is 0 Å². The van der Waals surface area contributed by atoms with Gasteiger partial charge in [0.15, 0.2) is 0 Å². The summed E-state index contributed by atoms with van der Waals surface area (Å²) in [6, 6.07) is 20.7. The third kappa shape index (κ3) is 4.16. The molecule has 0 unspecified atom stereocenters. The van der Waals surface area contributed by atoms with E-state index in [1.165, 1.54) is 11.9 Å².